The Kier molecular flexibility index (Phi) is 4.81. The molecule has 0 spiro atoms. The Balaban J connectivity index is 1.82. The third-order valence-corrected chi connectivity index (χ3v) is 5.82. The fourth-order valence-electron chi connectivity index (χ4n) is 2.64. The molecule has 1 fully saturated rings. The van der Waals surface area contributed by atoms with E-state index in [-0.39, 0.29) is 11.4 Å². The molecule has 0 N–H and O–H groups in total. The molecule has 3 atom stereocenters. The van der Waals surface area contributed by atoms with E-state index >= 15 is 0 Å². The van der Waals surface area contributed by atoms with Gasteiger partial charge in [0.2, 0.25) is 0 Å². The lowest BCUT2D eigenvalue weighted by atomic mass is 10.1. The number of rotatable bonds is 4. The van der Waals surface area contributed by atoms with Crippen molar-refractivity contribution in [3.05, 3.63) is 59.1 Å². The smallest absolute Gasteiger partial charge is 0.118 e. The standard InChI is InChI=1S/C17H17ClO3S/c1-20-14-6-2-12(3-7-14)17-16(10-11-21-17)22(19)15-8-4-13(18)5-9-15/h2-9,16-17H,10-11H2,1H3/t16-,17+,22-/m0/s1. The van der Waals surface area contributed by atoms with Crippen LogP contribution in [0.1, 0.15) is 18.1 Å². The minimum Gasteiger partial charge on any atom is -0.497 e. The second kappa shape index (κ2) is 6.82. The molecule has 0 unspecified atom stereocenters. The summed E-state index contributed by atoms with van der Waals surface area (Å²) in [5.41, 5.74) is 1.03. The average molecular weight is 337 g/mol. The van der Waals surface area contributed by atoms with Crippen LogP contribution in [-0.2, 0) is 15.5 Å². The van der Waals surface area contributed by atoms with Crippen molar-refractivity contribution in [1.82, 2.24) is 0 Å². The second-order valence-electron chi connectivity index (χ2n) is 5.14. The molecule has 5 heteroatoms. The van der Waals surface area contributed by atoms with Crippen molar-refractivity contribution in [2.45, 2.75) is 22.7 Å². The van der Waals surface area contributed by atoms with Crippen LogP contribution in [0.25, 0.3) is 0 Å². The lowest BCUT2D eigenvalue weighted by Crippen LogP contribution is -2.19. The van der Waals surface area contributed by atoms with Crippen molar-refractivity contribution >= 4 is 22.4 Å². The van der Waals surface area contributed by atoms with Gasteiger partial charge in [0.1, 0.15) is 5.75 Å². The summed E-state index contributed by atoms with van der Waals surface area (Å²) in [5, 5.41) is 0.602. The molecule has 0 amide bonds. The highest BCUT2D eigenvalue weighted by Crippen LogP contribution is 2.35. The fourth-order valence-corrected chi connectivity index (χ4v) is 4.29. The predicted molar refractivity (Wildman–Crippen MR) is 88.0 cm³/mol. The van der Waals surface area contributed by atoms with Crippen LogP contribution in [0.3, 0.4) is 0 Å². The maximum atomic E-state index is 12.8. The zero-order valence-corrected chi connectivity index (χ0v) is 13.8. The molecule has 2 aromatic carbocycles. The first-order valence-electron chi connectivity index (χ1n) is 7.11. The highest BCUT2D eigenvalue weighted by molar-refractivity contribution is 7.85. The van der Waals surface area contributed by atoms with E-state index in [1.807, 2.05) is 36.4 Å². The van der Waals surface area contributed by atoms with Gasteiger partial charge in [-0.1, -0.05) is 23.7 Å². The molecule has 1 heterocycles. The molecular weight excluding hydrogens is 320 g/mol. The third kappa shape index (κ3) is 3.19. The monoisotopic (exact) mass is 336 g/mol. The molecule has 3 nitrogen and oxygen atoms in total. The van der Waals surface area contributed by atoms with Gasteiger partial charge in [-0.2, -0.15) is 0 Å². The molecule has 0 aliphatic carbocycles. The summed E-state index contributed by atoms with van der Waals surface area (Å²) in [6.07, 6.45) is 0.633. The van der Waals surface area contributed by atoms with Gasteiger partial charge >= 0.3 is 0 Å². The van der Waals surface area contributed by atoms with E-state index in [0.717, 1.165) is 22.6 Å². The molecule has 1 saturated heterocycles. The molecule has 3 rings (SSSR count). The van der Waals surface area contributed by atoms with Gasteiger partial charge in [-0.25, -0.2) is 0 Å². The quantitative estimate of drug-likeness (QED) is 0.847. The van der Waals surface area contributed by atoms with Gasteiger partial charge in [0.15, 0.2) is 0 Å². The maximum absolute atomic E-state index is 12.8. The van der Waals surface area contributed by atoms with Crippen molar-refractivity contribution < 1.29 is 13.7 Å². The SMILES string of the molecule is COc1ccc([C@H]2OCC[C@@H]2[S@@](=O)c2ccc(Cl)cc2)cc1. The van der Waals surface area contributed by atoms with E-state index < -0.39 is 10.8 Å². The number of hydrogen-bond donors (Lipinski definition) is 0. The Morgan fingerprint density at radius 1 is 1.14 bits per heavy atom. The number of hydrogen-bond acceptors (Lipinski definition) is 3. The van der Waals surface area contributed by atoms with Gasteiger partial charge in [0.05, 0.1) is 29.3 Å². The normalized spacial score (nSPS) is 22.5. The first-order chi connectivity index (χ1) is 10.7. The van der Waals surface area contributed by atoms with Crippen molar-refractivity contribution in [3.63, 3.8) is 0 Å². The Labute approximate surface area is 137 Å². The summed E-state index contributed by atoms with van der Waals surface area (Å²) >= 11 is 5.89. The molecule has 0 saturated carbocycles. The Bertz CT molecular complexity index is 655. The predicted octanol–water partition coefficient (Wildman–Crippen LogP) is 3.99. The fraction of sp³-hybridized carbons (Fsp3) is 0.294. The summed E-state index contributed by atoms with van der Waals surface area (Å²) in [6, 6.07) is 14.9. The van der Waals surface area contributed by atoms with Crippen molar-refractivity contribution in [1.29, 1.82) is 0 Å². The molecule has 0 radical (unpaired) electrons. The highest BCUT2D eigenvalue weighted by Gasteiger charge is 2.34. The molecule has 2 aromatic rings. The summed E-state index contributed by atoms with van der Waals surface area (Å²) in [7, 11) is 0.519. The van der Waals surface area contributed by atoms with Crippen LogP contribution in [0.5, 0.6) is 5.75 Å². The molecule has 0 aromatic heterocycles. The van der Waals surface area contributed by atoms with E-state index in [1.54, 1.807) is 19.2 Å². The van der Waals surface area contributed by atoms with Gasteiger partial charge < -0.3 is 9.47 Å². The average Bonchev–Trinajstić information content (AvgIpc) is 3.04. The lowest BCUT2D eigenvalue weighted by Gasteiger charge is -2.19. The largest absolute Gasteiger partial charge is 0.497 e. The second-order valence-corrected chi connectivity index (χ2v) is 7.25. The van der Waals surface area contributed by atoms with Crippen molar-refractivity contribution in [2.75, 3.05) is 13.7 Å². The van der Waals surface area contributed by atoms with Gasteiger partial charge in [-0.3, -0.25) is 4.21 Å². The van der Waals surface area contributed by atoms with Crippen LogP contribution in [0, 0.1) is 0 Å². The minimum atomic E-state index is -1.12. The Morgan fingerprint density at radius 3 is 2.45 bits per heavy atom. The van der Waals surface area contributed by atoms with Crippen LogP contribution >= 0.6 is 11.6 Å². The summed E-state index contributed by atoms with van der Waals surface area (Å²) in [5.74, 6) is 0.803. The van der Waals surface area contributed by atoms with Crippen LogP contribution in [-0.4, -0.2) is 23.2 Å². The van der Waals surface area contributed by atoms with Crippen molar-refractivity contribution in [2.24, 2.45) is 0 Å². The minimum absolute atomic E-state index is 0.0467. The van der Waals surface area contributed by atoms with Crippen LogP contribution < -0.4 is 4.74 Å². The Morgan fingerprint density at radius 2 is 1.82 bits per heavy atom. The van der Waals surface area contributed by atoms with Crippen molar-refractivity contribution in [3.8, 4) is 5.75 Å². The summed E-state index contributed by atoms with van der Waals surface area (Å²) in [4.78, 5) is 0.790. The van der Waals surface area contributed by atoms with Gasteiger partial charge in [-0.15, -0.1) is 0 Å². The van der Waals surface area contributed by atoms with Gasteiger partial charge in [0.25, 0.3) is 0 Å². The van der Waals surface area contributed by atoms with E-state index in [0.29, 0.717) is 11.6 Å². The molecule has 1 aliphatic rings. The topological polar surface area (TPSA) is 35.5 Å². The molecule has 116 valence electrons. The van der Waals surface area contributed by atoms with E-state index in [2.05, 4.69) is 0 Å². The summed E-state index contributed by atoms with van der Waals surface area (Å²) in [6.45, 7) is 0.626. The molecule has 22 heavy (non-hydrogen) atoms. The third-order valence-electron chi connectivity index (χ3n) is 3.80. The first kappa shape index (κ1) is 15.5. The van der Waals surface area contributed by atoms with E-state index in [1.165, 1.54) is 0 Å². The number of halogens is 1. The first-order valence-corrected chi connectivity index (χ1v) is 8.70. The number of benzene rings is 2. The van der Waals surface area contributed by atoms with Crippen LogP contribution in [0.4, 0.5) is 0 Å². The van der Waals surface area contributed by atoms with Crippen LogP contribution in [0.2, 0.25) is 5.02 Å². The zero-order chi connectivity index (χ0) is 15.5. The van der Waals surface area contributed by atoms with Gasteiger partial charge in [-0.05, 0) is 48.4 Å². The van der Waals surface area contributed by atoms with E-state index in [9.17, 15) is 4.21 Å². The lowest BCUT2D eigenvalue weighted by molar-refractivity contribution is 0.113. The number of ether oxygens (including phenoxy) is 2. The Hall–Kier alpha value is -1.36. The molecule has 0 bridgehead atoms. The molecule has 1 aliphatic heterocycles. The van der Waals surface area contributed by atoms with E-state index in [4.69, 9.17) is 21.1 Å². The summed E-state index contributed by atoms with van der Waals surface area (Å²) < 4.78 is 23.8. The van der Waals surface area contributed by atoms with Crippen LogP contribution in [0.15, 0.2) is 53.4 Å². The highest BCUT2D eigenvalue weighted by atomic mass is 35.5. The van der Waals surface area contributed by atoms with Gasteiger partial charge in [0, 0.05) is 16.5 Å². The number of methoxy groups -OCH3 is 1. The maximum Gasteiger partial charge on any atom is 0.118 e. The molecular formula is C17H17ClO3S. The zero-order valence-electron chi connectivity index (χ0n) is 12.2.